The molecule has 0 radical (unpaired) electrons. The molecule has 0 aliphatic carbocycles. The Morgan fingerprint density at radius 1 is 1.00 bits per heavy atom. The third-order valence-electron chi connectivity index (χ3n) is 5.54. The van der Waals surface area contributed by atoms with Gasteiger partial charge in [-0.3, -0.25) is 14.7 Å². The van der Waals surface area contributed by atoms with Crippen LogP contribution in [0.1, 0.15) is 21.5 Å². The molecule has 1 aliphatic heterocycles. The molecule has 1 N–H and O–H groups in total. The van der Waals surface area contributed by atoms with Gasteiger partial charge in [-0.25, -0.2) is 0 Å². The van der Waals surface area contributed by atoms with E-state index in [1.54, 1.807) is 18.5 Å². The van der Waals surface area contributed by atoms with Crippen LogP contribution in [0.3, 0.4) is 0 Å². The molecule has 4 rings (SSSR count). The number of benzene rings is 2. The molecule has 0 spiro atoms. The summed E-state index contributed by atoms with van der Waals surface area (Å²) in [6.07, 6.45) is 7.08. The van der Waals surface area contributed by atoms with Gasteiger partial charge in [0, 0.05) is 50.2 Å². The molecule has 5 heteroatoms. The maximum absolute atomic E-state index is 13.0. The van der Waals surface area contributed by atoms with Gasteiger partial charge in [0.25, 0.3) is 0 Å². The van der Waals surface area contributed by atoms with Crippen LogP contribution in [0.15, 0.2) is 79.1 Å². The summed E-state index contributed by atoms with van der Waals surface area (Å²) in [4.78, 5) is 21.9. The fraction of sp³-hybridized carbons (Fsp3) is 0.231. The third kappa shape index (κ3) is 5.87. The molecule has 31 heavy (non-hydrogen) atoms. The summed E-state index contributed by atoms with van der Waals surface area (Å²) in [7, 11) is 2.15. The number of pyridine rings is 1. The maximum atomic E-state index is 13.0. The van der Waals surface area contributed by atoms with Crippen molar-refractivity contribution >= 4 is 23.2 Å². The molecule has 2 aromatic carbocycles. The van der Waals surface area contributed by atoms with Crippen molar-refractivity contribution in [3.63, 3.8) is 0 Å². The van der Waals surface area contributed by atoms with E-state index in [1.807, 2.05) is 60.7 Å². The van der Waals surface area contributed by atoms with E-state index in [0.717, 1.165) is 60.8 Å². The van der Waals surface area contributed by atoms with E-state index in [1.165, 1.54) is 0 Å². The summed E-state index contributed by atoms with van der Waals surface area (Å²) in [5.41, 5.74) is 4.73. The Kier molecular flexibility index (Phi) is 6.87. The topological polar surface area (TPSA) is 48.5 Å². The number of ketones is 1. The van der Waals surface area contributed by atoms with Crippen molar-refractivity contribution < 1.29 is 4.79 Å². The molecule has 0 atom stereocenters. The first-order valence-corrected chi connectivity index (χ1v) is 10.7. The fourth-order valence-electron chi connectivity index (χ4n) is 3.73. The molecule has 1 saturated heterocycles. The molecule has 0 amide bonds. The number of hydrogen-bond donors (Lipinski definition) is 1. The number of nitrogens with one attached hydrogen (secondary N) is 1. The maximum Gasteiger partial charge on any atom is 0.186 e. The highest BCUT2D eigenvalue weighted by molar-refractivity contribution is 6.07. The summed E-state index contributed by atoms with van der Waals surface area (Å²) in [5, 5.41) is 3.33. The van der Waals surface area contributed by atoms with Gasteiger partial charge in [-0.15, -0.1) is 0 Å². The number of likely N-dealkylation sites (N-methyl/N-ethyl adjacent to an activating group) is 1. The van der Waals surface area contributed by atoms with Crippen molar-refractivity contribution in [2.75, 3.05) is 38.5 Å². The Labute approximate surface area is 184 Å². The molecule has 1 aromatic heterocycles. The Bertz CT molecular complexity index is 1040. The molecule has 3 aromatic rings. The van der Waals surface area contributed by atoms with Gasteiger partial charge >= 0.3 is 0 Å². The summed E-state index contributed by atoms with van der Waals surface area (Å²) in [5.74, 6) is 0.0374. The van der Waals surface area contributed by atoms with Crippen LogP contribution in [-0.2, 0) is 6.54 Å². The predicted molar refractivity (Wildman–Crippen MR) is 127 cm³/mol. The Morgan fingerprint density at radius 2 is 1.81 bits per heavy atom. The lowest BCUT2D eigenvalue weighted by Crippen LogP contribution is -2.44. The number of nitrogens with zero attached hydrogens (tertiary/aromatic N) is 3. The second-order valence-electron chi connectivity index (χ2n) is 7.93. The minimum Gasteiger partial charge on any atom is -0.354 e. The van der Waals surface area contributed by atoms with Crippen LogP contribution in [0.25, 0.3) is 6.08 Å². The normalized spacial score (nSPS) is 15.3. The van der Waals surface area contributed by atoms with Crippen LogP contribution in [0.5, 0.6) is 0 Å². The molecular weight excluding hydrogens is 384 g/mol. The van der Waals surface area contributed by atoms with Crippen molar-refractivity contribution in [2.45, 2.75) is 6.54 Å². The average Bonchev–Trinajstić information content (AvgIpc) is 2.80. The number of aromatic nitrogens is 1. The first-order valence-electron chi connectivity index (χ1n) is 10.7. The predicted octanol–water partition coefficient (Wildman–Crippen LogP) is 4.47. The standard InChI is InChI=1S/C26H28N4O/c1-29-14-16-30(17-15-29)20-22-7-2-3-10-25(22)26(31)12-11-21-6-4-8-23(18-21)28-24-9-5-13-27-19-24/h2-13,18-19,28H,14-17,20H2,1H3. The zero-order valence-corrected chi connectivity index (χ0v) is 17.9. The molecule has 0 unspecified atom stereocenters. The third-order valence-corrected chi connectivity index (χ3v) is 5.54. The van der Waals surface area contributed by atoms with E-state index in [-0.39, 0.29) is 5.78 Å². The van der Waals surface area contributed by atoms with Crippen molar-refractivity contribution in [2.24, 2.45) is 0 Å². The molecule has 5 nitrogen and oxygen atoms in total. The lowest BCUT2D eigenvalue weighted by atomic mass is 10.0. The summed E-state index contributed by atoms with van der Waals surface area (Å²) in [6.45, 7) is 5.02. The smallest absolute Gasteiger partial charge is 0.186 e. The molecule has 1 fully saturated rings. The highest BCUT2D eigenvalue weighted by Gasteiger charge is 2.16. The monoisotopic (exact) mass is 412 g/mol. The van der Waals surface area contributed by atoms with Gasteiger partial charge in [0.1, 0.15) is 0 Å². The van der Waals surface area contributed by atoms with E-state index in [2.05, 4.69) is 33.2 Å². The SMILES string of the molecule is CN1CCN(Cc2ccccc2C(=O)C=Cc2cccc(Nc3cccnc3)c2)CC1. The zero-order valence-electron chi connectivity index (χ0n) is 17.9. The second-order valence-corrected chi connectivity index (χ2v) is 7.93. The highest BCUT2D eigenvalue weighted by atomic mass is 16.1. The number of piperazine rings is 1. The van der Waals surface area contributed by atoms with Crippen LogP contribution in [-0.4, -0.2) is 53.8 Å². The second kappa shape index (κ2) is 10.2. The van der Waals surface area contributed by atoms with Crippen LogP contribution in [0, 0.1) is 0 Å². The quantitative estimate of drug-likeness (QED) is 0.458. The molecule has 0 saturated carbocycles. The van der Waals surface area contributed by atoms with Gasteiger partial charge in [-0.1, -0.05) is 42.5 Å². The minimum absolute atomic E-state index is 0.0374. The first kappa shape index (κ1) is 21.0. The number of hydrogen-bond acceptors (Lipinski definition) is 5. The van der Waals surface area contributed by atoms with Gasteiger partial charge in [0.15, 0.2) is 5.78 Å². The van der Waals surface area contributed by atoms with Crippen molar-refractivity contribution in [3.8, 4) is 0 Å². The molecule has 158 valence electrons. The van der Waals surface area contributed by atoms with Gasteiger partial charge in [-0.05, 0) is 48.5 Å². The Balaban J connectivity index is 1.44. The largest absolute Gasteiger partial charge is 0.354 e. The molecular formula is C26H28N4O. The van der Waals surface area contributed by atoms with Crippen molar-refractivity contribution in [3.05, 3.63) is 95.8 Å². The lowest BCUT2D eigenvalue weighted by Gasteiger charge is -2.32. The summed E-state index contributed by atoms with van der Waals surface area (Å²) >= 11 is 0. The van der Waals surface area contributed by atoms with Crippen LogP contribution in [0.2, 0.25) is 0 Å². The van der Waals surface area contributed by atoms with Crippen LogP contribution in [0.4, 0.5) is 11.4 Å². The van der Waals surface area contributed by atoms with Gasteiger partial charge in [0.2, 0.25) is 0 Å². The fourth-order valence-corrected chi connectivity index (χ4v) is 3.73. The summed E-state index contributed by atoms with van der Waals surface area (Å²) < 4.78 is 0. The minimum atomic E-state index is 0.0374. The van der Waals surface area contributed by atoms with E-state index < -0.39 is 0 Å². The summed E-state index contributed by atoms with van der Waals surface area (Å²) in [6, 6.07) is 19.8. The highest BCUT2D eigenvalue weighted by Crippen LogP contribution is 2.19. The number of carbonyl (C=O) groups excluding carboxylic acids is 1. The number of anilines is 2. The molecule has 1 aliphatic rings. The first-order chi connectivity index (χ1) is 15.2. The zero-order chi connectivity index (χ0) is 21.5. The van der Waals surface area contributed by atoms with Crippen molar-refractivity contribution in [1.82, 2.24) is 14.8 Å². The van der Waals surface area contributed by atoms with E-state index >= 15 is 0 Å². The average molecular weight is 413 g/mol. The van der Waals surface area contributed by atoms with Crippen LogP contribution < -0.4 is 5.32 Å². The van der Waals surface area contributed by atoms with Gasteiger partial charge in [0.05, 0.1) is 11.9 Å². The van der Waals surface area contributed by atoms with Gasteiger partial charge < -0.3 is 10.2 Å². The molecule has 2 heterocycles. The number of rotatable bonds is 7. The van der Waals surface area contributed by atoms with E-state index in [0.29, 0.717) is 0 Å². The Hall–Kier alpha value is -3.28. The van der Waals surface area contributed by atoms with E-state index in [9.17, 15) is 4.79 Å². The lowest BCUT2D eigenvalue weighted by molar-refractivity contribution is 0.104. The molecule has 0 bridgehead atoms. The number of allylic oxidation sites excluding steroid dienone is 1. The number of carbonyl (C=O) groups is 1. The van der Waals surface area contributed by atoms with E-state index in [4.69, 9.17) is 0 Å². The van der Waals surface area contributed by atoms with Crippen LogP contribution >= 0.6 is 0 Å². The van der Waals surface area contributed by atoms with Gasteiger partial charge in [-0.2, -0.15) is 0 Å². The Morgan fingerprint density at radius 3 is 2.61 bits per heavy atom. The van der Waals surface area contributed by atoms with Crippen molar-refractivity contribution in [1.29, 1.82) is 0 Å².